The van der Waals surface area contributed by atoms with Crippen LogP contribution in [0.15, 0.2) is 47.4 Å². The first-order valence-corrected chi connectivity index (χ1v) is 8.28. The fourth-order valence-electron chi connectivity index (χ4n) is 2.73. The molecule has 1 N–H and O–H groups in total. The Bertz CT molecular complexity index is 766. The largest absolute Gasteiger partial charge is 0.377 e. The molecule has 0 amide bonds. The highest BCUT2D eigenvalue weighted by Gasteiger charge is 2.34. The van der Waals surface area contributed by atoms with Crippen molar-refractivity contribution >= 4 is 15.5 Å². The van der Waals surface area contributed by atoms with Crippen molar-refractivity contribution in [1.82, 2.24) is 0 Å². The molecule has 0 spiro atoms. The Morgan fingerprint density at radius 2 is 1.85 bits per heavy atom. The number of benzene rings is 2. The molecule has 0 saturated heterocycles. The van der Waals surface area contributed by atoms with E-state index in [1.54, 1.807) is 12.1 Å². The first kappa shape index (κ1) is 13.2. The summed E-state index contributed by atoms with van der Waals surface area (Å²) in [7, 11) is -3.16. The van der Waals surface area contributed by atoms with E-state index in [1.165, 1.54) is 5.56 Å². The van der Waals surface area contributed by atoms with Crippen molar-refractivity contribution in [3.63, 3.8) is 0 Å². The lowest BCUT2D eigenvalue weighted by Gasteiger charge is -2.16. The monoisotopic (exact) mass is 287 g/mol. The van der Waals surface area contributed by atoms with Gasteiger partial charge in [0.2, 0.25) is 0 Å². The van der Waals surface area contributed by atoms with E-state index in [0.29, 0.717) is 4.90 Å². The van der Waals surface area contributed by atoms with E-state index in [1.807, 2.05) is 38.1 Å². The number of hydrogen-bond acceptors (Lipinski definition) is 3. The lowest BCUT2D eigenvalue weighted by Crippen LogP contribution is -2.13. The Morgan fingerprint density at radius 1 is 1.10 bits per heavy atom. The summed E-state index contributed by atoms with van der Waals surface area (Å²) in [6.07, 6.45) is 0. The number of fused-ring (bicyclic) bond motifs is 1. The highest BCUT2D eigenvalue weighted by molar-refractivity contribution is 7.91. The molecule has 0 bridgehead atoms. The Kier molecular flexibility index (Phi) is 3.05. The summed E-state index contributed by atoms with van der Waals surface area (Å²) in [4.78, 5) is 0.460. The zero-order valence-corrected chi connectivity index (χ0v) is 12.4. The van der Waals surface area contributed by atoms with Gasteiger partial charge in [0.05, 0.1) is 16.7 Å². The average Bonchev–Trinajstić information content (AvgIpc) is 2.65. The molecule has 4 heteroatoms. The molecule has 0 aromatic heterocycles. The molecule has 2 aromatic rings. The fourth-order valence-corrected chi connectivity index (χ4v) is 4.47. The van der Waals surface area contributed by atoms with Gasteiger partial charge < -0.3 is 5.32 Å². The Labute approximate surface area is 119 Å². The van der Waals surface area contributed by atoms with Gasteiger partial charge in [-0.25, -0.2) is 8.42 Å². The fraction of sp³-hybridized carbons (Fsp3) is 0.250. The molecule has 1 unspecified atom stereocenters. The predicted molar refractivity (Wildman–Crippen MR) is 80.8 cm³/mol. The summed E-state index contributed by atoms with van der Waals surface area (Å²) in [6, 6.07) is 13.2. The van der Waals surface area contributed by atoms with E-state index in [0.717, 1.165) is 16.8 Å². The maximum absolute atomic E-state index is 12.2. The molecule has 20 heavy (non-hydrogen) atoms. The third-order valence-corrected chi connectivity index (χ3v) is 5.54. The van der Waals surface area contributed by atoms with Crippen LogP contribution in [0, 0.1) is 13.8 Å². The van der Waals surface area contributed by atoms with Crippen molar-refractivity contribution < 1.29 is 8.42 Å². The van der Waals surface area contributed by atoms with Crippen LogP contribution in [0.4, 0.5) is 5.69 Å². The van der Waals surface area contributed by atoms with Gasteiger partial charge in [-0.15, -0.1) is 0 Å². The normalized spacial score (nSPS) is 19.6. The lowest BCUT2D eigenvalue weighted by molar-refractivity contribution is 0.598. The SMILES string of the molecule is Cc1ccc(NC2CS(=O)(=O)c3ccccc32)c(C)c1. The van der Waals surface area contributed by atoms with Crippen LogP contribution in [-0.4, -0.2) is 14.2 Å². The molecule has 0 aliphatic carbocycles. The molecule has 0 radical (unpaired) electrons. The first-order chi connectivity index (χ1) is 9.47. The van der Waals surface area contributed by atoms with Gasteiger partial charge in [0.25, 0.3) is 0 Å². The van der Waals surface area contributed by atoms with Crippen LogP contribution in [0.2, 0.25) is 0 Å². The van der Waals surface area contributed by atoms with Crippen molar-refractivity contribution in [2.75, 3.05) is 11.1 Å². The minimum absolute atomic E-state index is 0.125. The number of rotatable bonds is 2. The van der Waals surface area contributed by atoms with Gasteiger partial charge in [-0.05, 0) is 37.1 Å². The summed E-state index contributed by atoms with van der Waals surface area (Å²) in [6.45, 7) is 4.08. The first-order valence-electron chi connectivity index (χ1n) is 6.63. The summed E-state index contributed by atoms with van der Waals surface area (Å²) in [5.74, 6) is 0.125. The van der Waals surface area contributed by atoms with Crippen molar-refractivity contribution in [3.8, 4) is 0 Å². The second-order valence-electron chi connectivity index (χ2n) is 5.33. The zero-order chi connectivity index (χ0) is 14.3. The molecule has 1 heterocycles. The van der Waals surface area contributed by atoms with Crippen molar-refractivity contribution in [2.45, 2.75) is 24.8 Å². The van der Waals surface area contributed by atoms with Crippen LogP contribution >= 0.6 is 0 Å². The molecule has 1 atom stereocenters. The van der Waals surface area contributed by atoms with Crippen LogP contribution in [0.1, 0.15) is 22.7 Å². The van der Waals surface area contributed by atoms with Crippen LogP contribution in [-0.2, 0) is 9.84 Å². The van der Waals surface area contributed by atoms with Gasteiger partial charge in [-0.1, -0.05) is 35.9 Å². The predicted octanol–water partition coefficient (Wildman–Crippen LogP) is 3.24. The molecule has 3 nitrogen and oxygen atoms in total. The van der Waals surface area contributed by atoms with Gasteiger partial charge >= 0.3 is 0 Å². The highest BCUT2D eigenvalue weighted by Crippen LogP contribution is 2.35. The van der Waals surface area contributed by atoms with E-state index in [9.17, 15) is 8.42 Å². The Morgan fingerprint density at radius 3 is 2.60 bits per heavy atom. The van der Waals surface area contributed by atoms with E-state index >= 15 is 0 Å². The minimum Gasteiger partial charge on any atom is -0.377 e. The number of anilines is 1. The van der Waals surface area contributed by atoms with Crippen LogP contribution in [0.3, 0.4) is 0 Å². The zero-order valence-electron chi connectivity index (χ0n) is 11.6. The summed E-state index contributed by atoms with van der Waals surface area (Å²) < 4.78 is 24.3. The molecule has 0 saturated carbocycles. The van der Waals surface area contributed by atoms with Gasteiger partial charge in [0.15, 0.2) is 9.84 Å². The third kappa shape index (κ3) is 2.20. The van der Waals surface area contributed by atoms with Gasteiger partial charge in [-0.3, -0.25) is 0 Å². The van der Waals surface area contributed by atoms with Crippen molar-refractivity contribution in [3.05, 3.63) is 59.2 Å². The summed E-state index contributed by atoms with van der Waals surface area (Å²) in [5, 5.41) is 3.37. The van der Waals surface area contributed by atoms with E-state index in [2.05, 4.69) is 11.4 Å². The Hall–Kier alpha value is -1.81. The number of sulfone groups is 1. The maximum atomic E-state index is 12.2. The maximum Gasteiger partial charge on any atom is 0.181 e. The standard InChI is InChI=1S/C16H17NO2S/c1-11-7-8-14(12(2)9-11)17-15-10-20(18,19)16-6-4-3-5-13(15)16/h3-9,15,17H,10H2,1-2H3. The van der Waals surface area contributed by atoms with Crippen LogP contribution in [0.25, 0.3) is 0 Å². The van der Waals surface area contributed by atoms with Crippen LogP contribution in [0.5, 0.6) is 0 Å². The van der Waals surface area contributed by atoms with Gasteiger partial charge in [-0.2, -0.15) is 0 Å². The quantitative estimate of drug-likeness (QED) is 0.922. The number of hydrogen-bond donors (Lipinski definition) is 1. The van der Waals surface area contributed by atoms with Crippen molar-refractivity contribution in [1.29, 1.82) is 0 Å². The Balaban J connectivity index is 1.97. The lowest BCUT2D eigenvalue weighted by atomic mass is 10.1. The van der Waals surface area contributed by atoms with E-state index in [-0.39, 0.29) is 11.8 Å². The minimum atomic E-state index is -3.16. The third-order valence-electron chi connectivity index (χ3n) is 3.73. The molecule has 2 aromatic carbocycles. The topological polar surface area (TPSA) is 46.2 Å². The molecule has 104 valence electrons. The second-order valence-corrected chi connectivity index (χ2v) is 7.34. The smallest absolute Gasteiger partial charge is 0.181 e. The van der Waals surface area contributed by atoms with Gasteiger partial charge in [0, 0.05) is 5.69 Å². The van der Waals surface area contributed by atoms with E-state index < -0.39 is 9.84 Å². The van der Waals surface area contributed by atoms with Gasteiger partial charge in [0.1, 0.15) is 0 Å². The number of nitrogens with one attached hydrogen (secondary N) is 1. The van der Waals surface area contributed by atoms with E-state index in [4.69, 9.17) is 0 Å². The summed E-state index contributed by atoms with van der Waals surface area (Å²) >= 11 is 0. The summed E-state index contributed by atoms with van der Waals surface area (Å²) in [5.41, 5.74) is 4.19. The molecular weight excluding hydrogens is 270 g/mol. The molecular formula is C16H17NO2S. The molecule has 3 rings (SSSR count). The molecule has 0 fully saturated rings. The highest BCUT2D eigenvalue weighted by atomic mass is 32.2. The number of aryl methyl sites for hydroxylation is 2. The second kappa shape index (κ2) is 4.63. The average molecular weight is 287 g/mol. The molecule has 1 aliphatic rings. The van der Waals surface area contributed by atoms with Crippen LogP contribution < -0.4 is 5.32 Å². The van der Waals surface area contributed by atoms with Crippen molar-refractivity contribution in [2.24, 2.45) is 0 Å². The molecule has 1 aliphatic heterocycles.